The number of rotatable bonds is 2. The van der Waals surface area contributed by atoms with Gasteiger partial charge in [-0.1, -0.05) is 261 Å². The van der Waals surface area contributed by atoms with Crippen LogP contribution in [0.2, 0.25) is 0 Å². The van der Waals surface area contributed by atoms with Crippen LogP contribution in [-0.2, 0) is 0 Å². The normalized spacial score (nSPS) is 9.09. The zero-order chi connectivity index (χ0) is 49.8. The third kappa shape index (κ3) is 20.5. The first kappa shape index (κ1) is 58.3. The molecule has 0 atom stereocenters. The van der Waals surface area contributed by atoms with E-state index in [1.165, 1.54) is 37.7 Å². The highest BCUT2D eigenvalue weighted by Gasteiger charge is 1.99. The lowest BCUT2D eigenvalue weighted by atomic mass is 10.1. The maximum atomic E-state index is 11.1. The van der Waals surface area contributed by atoms with E-state index in [2.05, 4.69) is 125 Å². The van der Waals surface area contributed by atoms with Crippen LogP contribution >= 0.6 is 15.9 Å². The van der Waals surface area contributed by atoms with Crippen LogP contribution in [0.1, 0.15) is 86.5 Å². The number of ketones is 1. The maximum Gasteiger partial charge on any atom is 0.159 e. The van der Waals surface area contributed by atoms with E-state index < -0.39 is 0 Å². The molecule has 0 saturated heterocycles. The Kier molecular flexibility index (Phi) is 30.9. The Hall–Kier alpha value is -6.75. The van der Waals surface area contributed by atoms with E-state index in [4.69, 9.17) is 9.84 Å². The summed E-state index contributed by atoms with van der Waals surface area (Å²) in [5.41, 5.74) is 0.777. The number of halogens is 1. The number of benzene rings is 10. The summed E-state index contributed by atoms with van der Waals surface area (Å²) in [5, 5.41) is 21.3. The summed E-state index contributed by atoms with van der Waals surface area (Å²) in [6, 6.07) is 72.8. The Bertz CT molecular complexity index is 2720. The minimum absolute atomic E-state index is 0.116. The Morgan fingerprint density at radius 2 is 0.642 bits per heavy atom. The molecule has 0 bridgehead atoms. The molecule has 10 aromatic rings. The average molecular weight is 958 g/mol. The predicted octanol–water partition coefficient (Wildman–Crippen LogP) is 20.0. The summed E-state index contributed by atoms with van der Waals surface area (Å²) in [4.78, 5) is 11.1. The summed E-state index contributed by atoms with van der Waals surface area (Å²) in [6.07, 6.45) is 0. The van der Waals surface area contributed by atoms with Crippen molar-refractivity contribution in [3.8, 4) is 11.5 Å². The molecule has 3 nitrogen and oxygen atoms in total. The molecule has 0 amide bonds. The lowest BCUT2D eigenvalue weighted by Crippen LogP contribution is -1.90. The van der Waals surface area contributed by atoms with Gasteiger partial charge < -0.3 is 9.84 Å². The van der Waals surface area contributed by atoms with Gasteiger partial charge in [0.15, 0.2) is 5.78 Å². The fourth-order valence-corrected chi connectivity index (χ4v) is 6.55. The van der Waals surface area contributed by atoms with Gasteiger partial charge >= 0.3 is 0 Å². The van der Waals surface area contributed by atoms with Crippen LogP contribution in [0.3, 0.4) is 0 Å². The number of fused-ring (bicyclic) bond motifs is 5. The highest BCUT2D eigenvalue weighted by atomic mass is 79.9. The molecule has 0 aliphatic rings. The molecule has 1 N–H and O–H groups in total. The minimum Gasteiger partial charge on any atom is -0.508 e. The van der Waals surface area contributed by atoms with E-state index in [0.717, 1.165) is 31.9 Å². The number of carbonyl (C=O) groups excluding carboxylic acids is 1. The molecule has 0 radical (unpaired) electrons. The van der Waals surface area contributed by atoms with E-state index in [0.29, 0.717) is 5.75 Å². The lowest BCUT2D eigenvalue weighted by Gasteiger charge is -2.00. The van der Waals surface area contributed by atoms with Gasteiger partial charge in [0.1, 0.15) is 11.5 Å². The minimum atomic E-state index is 0.116. The van der Waals surface area contributed by atoms with Gasteiger partial charge in [-0.25, -0.2) is 0 Å². The Morgan fingerprint density at radius 3 is 1.01 bits per heavy atom. The highest BCUT2D eigenvalue weighted by Crippen LogP contribution is 2.21. The van der Waals surface area contributed by atoms with Gasteiger partial charge in [0, 0.05) is 10.0 Å². The third-order valence-electron chi connectivity index (χ3n) is 9.22. The SMILES string of the molecule is Brc1ccc2ccccc2c1.CC.CC.CC.CC.CC.CC(=O)c1ccc2ccccc2c1.COc1ccc2ccccc2c1.Oc1ccc2ccccc2c1.c1ccc2ccccc2c1. The largest absolute Gasteiger partial charge is 0.508 e. The maximum absolute atomic E-state index is 11.1. The van der Waals surface area contributed by atoms with Gasteiger partial charge in [-0.3, -0.25) is 4.79 Å². The summed E-state index contributed by atoms with van der Waals surface area (Å²) >= 11 is 3.43. The molecule has 0 fully saturated rings. The molecule has 0 unspecified atom stereocenters. The Morgan fingerprint density at radius 1 is 0.358 bits per heavy atom. The van der Waals surface area contributed by atoms with Crippen LogP contribution < -0.4 is 4.74 Å². The second-order valence-corrected chi connectivity index (χ2v) is 14.1. The van der Waals surface area contributed by atoms with Crippen molar-refractivity contribution in [2.75, 3.05) is 7.11 Å². The first-order chi connectivity index (χ1) is 32.9. The molecule has 0 aliphatic heterocycles. The van der Waals surface area contributed by atoms with Crippen molar-refractivity contribution < 1.29 is 14.6 Å². The number of Topliss-reactive ketones (excluding diaryl/α,β-unsaturated/α-hetero) is 1. The molecule has 10 aromatic carbocycles. The van der Waals surface area contributed by atoms with Crippen molar-refractivity contribution in [2.24, 2.45) is 0 Å². The number of phenols is 1. The van der Waals surface area contributed by atoms with Crippen LogP contribution in [-0.4, -0.2) is 18.0 Å². The second kappa shape index (κ2) is 35.5. The Balaban J connectivity index is 0.000000400. The van der Waals surface area contributed by atoms with Crippen molar-refractivity contribution in [2.45, 2.75) is 76.2 Å². The zero-order valence-electron chi connectivity index (χ0n) is 41.9. The van der Waals surface area contributed by atoms with Gasteiger partial charge in [0.25, 0.3) is 0 Å². The van der Waals surface area contributed by atoms with Crippen molar-refractivity contribution >= 4 is 75.6 Å². The molecule has 0 aromatic heterocycles. The van der Waals surface area contributed by atoms with E-state index in [-0.39, 0.29) is 5.78 Å². The molecular weight excluding hydrogens is 885 g/mol. The fourth-order valence-electron chi connectivity index (χ4n) is 6.17. The van der Waals surface area contributed by atoms with Crippen molar-refractivity contribution in [3.05, 3.63) is 228 Å². The number of methoxy groups -OCH3 is 1. The molecule has 350 valence electrons. The van der Waals surface area contributed by atoms with E-state index in [1.54, 1.807) is 26.2 Å². The first-order valence-corrected chi connectivity index (χ1v) is 24.4. The topological polar surface area (TPSA) is 46.5 Å². The number of ether oxygens (including phenoxy) is 1. The van der Waals surface area contributed by atoms with E-state index in [9.17, 15) is 4.79 Å². The highest BCUT2D eigenvalue weighted by molar-refractivity contribution is 9.10. The monoisotopic (exact) mass is 956 g/mol. The average Bonchev–Trinajstić information content (AvgIpc) is 3.42. The number of hydrogen-bond donors (Lipinski definition) is 1. The summed E-state index contributed by atoms with van der Waals surface area (Å²) in [5.74, 6) is 1.35. The van der Waals surface area contributed by atoms with Gasteiger partial charge in [-0.2, -0.15) is 0 Å². The lowest BCUT2D eigenvalue weighted by molar-refractivity contribution is 0.101. The van der Waals surface area contributed by atoms with Crippen molar-refractivity contribution in [1.82, 2.24) is 0 Å². The summed E-state index contributed by atoms with van der Waals surface area (Å²) < 4.78 is 6.26. The smallest absolute Gasteiger partial charge is 0.159 e. The molecule has 10 rings (SSSR count). The van der Waals surface area contributed by atoms with Crippen LogP contribution in [0.25, 0.3) is 53.9 Å². The molecule has 4 heteroatoms. The van der Waals surface area contributed by atoms with Crippen LogP contribution in [0, 0.1) is 0 Å². The fraction of sp³-hybridized carbons (Fsp3) is 0.190. The first-order valence-electron chi connectivity index (χ1n) is 23.6. The molecule has 0 heterocycles. The molecule has 67 heavy (non-hydrogen) atoms. The molecular formula is C63H73BrO3. The van der Waals surface area contributed by atoms with Crippen LogP contribution in [0.5, 0.6) is 11.5 Å². The summed E-state index contributed by atoms with van der Waals surface area (Å²) in [7, 11) is 1.68. The van der Waals surface area contributed by atoms with Gasteiger partial charge in [0.05, 0.1) is 7.11 Å². The predicted molar refractivity (Wildman–Crippen MR) is 302 cm³/mol. The number of aromatic hydroxyl groups is 1. The molecule has 0 spiro atoms. The van der Waals surface area contributed by atoms with Gasteiger partial charge in [0.2, 0.25) is 0 Å². The zero-order valence-corrected chi connectivity index (χ0v) is 43.5. The third-order valence-corrected chi connectivity index (χ3v) is 9.71. The molecule has 0 aliphatic carbocycles. The second-order valence-electron chi connectivity index (χ2n) is 13.2. The number of phenolic OH excluding ortho intramolecular Hbond substituents is 1. The summed E-state index contributed by atoms with van der Waals surface area (Å²) in [6.45, 7) is 21.6. The van der Waals surface area contributed by atoms with Gasteiger partial charge in [-0.15, -0.1) is 0 Å². The van der Waals surface area contributed by atoms with Crippen molar-refractivity contribution in [3.63, 3.8) is 0 Å². The van der Waals surface area contributed by atoms with E-state index in [1.807, 2.05) is 166 Å². The van der Waals surface area contributed by atoms with E-state index >= 15 is 0 Å². The van der Waals surface area contributed by atoms with Crippen LogP contribution in [0.4, 0.5) is 0 Å². The van der Waals surface area contributed by atoms with Crippen molar-refractivity contribution in [1.29, 1.82) is 0 Å². The van der Waals surface area contributed by atoms with Gasteiger partial charge in [-0.05, 0) is 103 Å². The van der Waals surface area contributed by atoms with Crippen LogP contribution in [0.15, 0.2) is 223 Å². The number of carbonyl (C=O) groups is 1. The Labute approximate surface area is 411 Å². The quantitative estimate of drug-likeness (QED) is 0.176. The number of hydrogen-bond acceptors (Lipinski definition) is 3. The standard InChI is InChI=1S/C12H10O.C11H10O.C10H7Br.C10H8O.C10H8.5C2H6/c1-9(13)11-7-6-10-4-2-3-5-12(10)8-11;1-12-11-7-6-9-4-2-3-5-10(9)8-11;2*11-10-6-5-8-3-1-2-4-9(8)7-10;1-2-6-10-8-4-3-7-9(10)5-1;5*1-2/h2-8H,1H3;2-8H,1H3;1-7H;1-7,11H;1-8H;5*1-2H3. The molecule has 0 saturated carbocycles.